The second-order valence-corrected chi connectivity index (χ2v) is 7.05. The lowest BCUT2D eigenvalue weighted by Gasteiger charge is -2.12. The van der Waals surface area contributed by atoms with Crippen molar-refractivity contribution in [2.24, 2.45) is 0 Å². The highest BCUT2D eigenvalue weighted by molar-refractivity contribution is 7.91. The van der Waals surface area contributed by atoms with Crippen LogP contribution in [-0.4, -0.2) is 24.5 Å². The summed E-state index contributed by atoms with van der Waals surface area (Å²) >= 11 is 0.715. The van der Waals surface area contributed by atoms with Crippen LogP contribution in [0.15, 0.2) is 40.7 Å². The van der Waals surface area contributed by atoms with Gasteiger partial charge in [-0.1, -0.05) is 6.07 Å². The molecule has 1 unspecified atom stereocenters. The number of carboxylic acids is 1. The van der Waals surface area contributed by atoms with E-state index in [1.165, 1.54) is 12.1 Å². The Kier molecular flexibility index (Phi) is 4.17. The van der Waals surface area contributed by atoms with Crippen molar-refractivity contribution in [1.82, 2.24) is 9.71 Å². The van der Waals surface area contributed by atoms with E-state index in [0.29, 0.717) is 17.0 Å². The predicted molar refractivity (Wildman–Crippen MR) is 74.3 cm³/mol. The minimum Gasteiger partial charge on any atom is -0.477 e. The zero-order valence-electron chi connectivity index (χ0n) is 10.5. The number of thiophene rings is 1. The number of hydrogen-bond donors (Lipinski definition) is 2. The number of aromatic carboxylic acids is 1. The summed E-state index contributed by atoms with van der Waals surface area (Å²) in [5.41, 5.74) is 0.589. The Labute approximate surface area is 120 Å². The van der Waals surface area contributed by atoms with E-state index < -0.39 is 22.0 Å². The van der Waals surface area contributed by atoms with Crippen LogP contribution in [0, 0.1) is 0 Å². The van der Waals surface area contributed by atoms with Gasteiger partial charge in [0.2, 0.25) is 0 Å². The lowest BCUT2D eigenvalue weighted by molar-refractivity contribution is 0.0702. The van der Waals surface area contributed by atoms with Gasteiger partial charge in [0, 0.05) is 6.20 Å². The number of hydrogen-bond acceptors (Lipinski definition) is 5. The molecule has 2 aromatic rings. The summed E-state index contributed by atoms with van der Waals surface area (Å²) in [6.07, 6.45) is 1.58. The van der Waals surface area contributed by atoms with Crippen LogP contribution in [0.1, 0.15) is 28.3 Å². The van der Waals surface area contributed by atoms with Gasteiger partial charge in [-0.05, 0) is 31.2 Å². The van der Waals surface area contributed by atoms with Crippen LogP contribution in [-0.2, 0) is 10.0 Å². The Bertz CT molecular complexity index is 710. The van der Waals surface area contributed by atoms with E-state index in [4.69, 9.17) is 5.11 Å². The SMILES string of the molecule is CC(NS(=O)(=O)c1ccc(C(=O)O)s1)c1ccccn1. The fraction of sp³-hybridized carbons (Fsp3) is 0.167. The molecule has 106 valence electrons. The monoisotopic (exact) mass is 312 g/mol. The van der Waals surface area contributed by atoms with E-state index in [1.807, 2.05) is 0 Å². The highest BCUT2D eigenvalue weighted by atomic mass is 32.2. The maximum atomic E-state index is 12.1. The minimum absolute atomic E-state index is 0.0177. The summed E-state index contributed by atoms with van der Waals surface area (Å²) in [5, 5.41) is 8.81. The predicted octanol–water partition coefficient (Wildman–Crippen LogP) is 1.88. The van der Waals surface area contributed by atoms with E-state index in [-0.39, 0.29) is 9.09 Å². The molecule has 2 aromatic heterocycles. The van der Waals surface area contributed by atoms with Crippen molar-refractivity contribution in [2.45, 2.75) is 17.2 Å². The molecule has 8 heteroatoms. The van der Waals surface area contributed by atoms with Gasteiger partial charge in [0.05, 0.1) is 11.7 Å². The molecule has 0 spiro atoms. The first-order chi connectivity index (χ1) is 9.40. The Morgan fingerprint density at radius 1 is 1.35 bits per heavy atom. The van der Waals surface area contributed by atoms with Gasteiger partial charge in [0.15, 0.2) is 0 Å². The lowest BCUT2D eigenvalue weighted by Crippen LogP contribution is -2.26. The maximum Gasteiger partial charge on any atom is 0.345 e. The van der Waals surface area contributed by atoms with Crippen LogP contribution in [0.5, 0.6) is 0 Å². The molecule has 2 N–H and O–H groups in total. The average molecular weight is 312 g/mol. The Balaban J connectivity index is 2.20. The minimum atomic E-state index is -3.76. The highest BCUT2D eigenvalue weighted by Gasteiger charge is 2.22. The summed E-state index contributed by atoms with van der Waals surface area (Å²) < 4.78 is 26.7. The molecule has 0 saturated carbocycles. The highest BCUT2D eigenvalue weighted by Crippen LogP contribution is 2.23. The van der Waals surface area contributed by atoms with Gasteiger partial charge in [-0.3, -0.25) is 4.98 Å². The molecule has 6 nitrogen and oxygen atoms in total. The standard InChI is InChI=1S/C12H12N2O4S2/c1-8(9-4-2-3-7-13-9)14-20(17,18)11-6-5-10(19-11)12(15)16/h2-8,14H,1H3,(H,15,16). The normalized spacial score (nSPS) is 13.1. The van der Waals surface area contributed by atoms with E-state index in [1.54, 1.807) is 31.3 Å². The molecule has 2 rings (SSSR count). The summed E-state index contributed by atoms with van der Waals surface area (Å²) in [7, 11) is -3.76. The van der Waals surface area contributed by atoms with Gasteiger partial charge < -0.3 is 5.11 Å². The summed E-state index contributed by atoms with van der Waals surface area (Å²) in [6, 6.07) is 7.26. The molecule has 0 aliphatic heterocycles. The van der Waals surface area contributed by atoms with Crippen molar-refractivity contribution in [2.75, 3.05) is 0 Å². The molecular weight excluding hydrogens is 300 g/mol. The molecule has 0 aliphatic carbocycles. The van der Waals surface area contributed by atoms with Gasteiger partial charge in [0.25, 0.3) is 10.0 Å². The second-order valence-electron chi connectivity index (χ2n) is 4.02. The molecule has 0 amide bonds. The van der Waals surface area contributed by atoms with Crippen LogP contribution in [0.2, 0.25) is 0 Å². The van der Waals surface area contributed by atoms with Crippen molar-refractivity contribution < 1.29 is 18.3 Å². The zero-order chi connectivity index (χ0) is 14.8. The molecule has 2 heterocycles. The lowest BCUT2D eigenvalue weighted by atomic mass is 10.2. The summed E-state index contributed by atoms with van der Waals surface area (Å²) in [6.45, 7) is 1.67. The molecule has 1 atom stereocenters. The average Bonchev–Trinajstić information content (AvgIpc) is 2.90. The molecule has 0 fully saturated rings. The molecule has 0 aromatic carbocycles. The second kappa shape index (κ2) is 5.70. The zero-order valence-corrected chi connectivity index (χ0v) is 12.1. The van der Waals surface area contributed by atoms with Crippen molar-refractivity contribution >= 4 is 27.3 Å². The first-order valence-electron chi connectivity index (χ1n) is 5.66. The quantitative estimate of drug-likeness (QED) is 0.878. The molecule has 20 heavy (non-hydrogen) atoms. The Morgan fingerprint density at radius 2 is 2.10 bits per heavy atom. The fourth-order valence-electron chi connectivity index (χ4n) is 1.56. The third-order valence-corrected chi connectivity index (χ3v) is 5.63. The largest absolute Gasteiger partial charge is 0.477 e. The third kappa shape index (κ3) is 3.21. The number of rotatable bonds is 5. The molecule has 0 saturated heterocycles. The molecule has 0 radical (unpaired) electrons. The number of carboxylic acid groups (broad SMARTS) is 1. The van der Waals surface area contributed by atoms with Gasteiger partial charge in [-0.15, -0.1) is 11.3 Å². The van der Waals surface area contributed by atoms with Crippen LogP contribution in [0.25, 0.3) is 0 Å². The smallest absolute Gasteiger partial charge is 0.345 e. The van der Waals surface area contributed by atoms with Gasteiger partial charge in [-0.25, -0.2) is 17.9 Å². The van der Waals surface area contributed by atoms with Crippen molar-refractivity contribution in [1.29, 1.82) is 0 Å². The summed E-state index contributed by atoms with van der Waals surface area (Å²) in [5.74, 6) is -1.14. The Hall–Kier alpha value is -1.77. The van der Waals surface area contributed by atoms with Gasteiger partial charge in [-0.2, -0.15) is 0 Å². The fourth-order valence-corrected chi connectivity index (χ4v) is 3.94. The van der Waals surface area contributed by atoms with Crippen LogP contribution in [0.3, 0.4) is 0 Å². The van der Waals surface area contributed by atoms with Gasteiger partial charge in [0.1, 0.15) is 9.09 Å². The molecular formula is C12H12N2O4S2. The van der Waals surface area contributed by atoms with Crippen LogP contribution in [0.4, 0.5) is 0 Å². The number of pyridine rings is 1. The van der Waals surface area contributed by atoms with E-state index in [9.17, 15) is 13.2 Å². The number of carbonyl (C=O) groups is 1. The number of aromatic nitrogens is 1. The van der Waals surface area contributed by atoms with E-state index in [0.717, 1.165) is 0 Å². The number of nitrogens with one attached hydrogen (secondary N) is 1. The van der Waals surface area contributed by atoms with Crippen molar-refractivity contribution in [3.05, 3.63) is 47.1 Å². The van der Waals surface area contributed by atoms with Crippen molar-refractivity contribution in [3.63, 3.8) is 0 Å². The number of sulfonamides is 1. The van der Waals surface area contributed by atoms with Gasteiger partial charge >= 0.3 is 5.97 Å². The molecule has 0 bridgehead atoms. The van der Waals surface area contributed by atoms with E-state index >= 15 is 0 Å². The number of nitrogens with zero attached hydrogens (tertiary/aromatic N) is 1. The maximum absolute atomic E-state index is 12.1. The van der Waals surface area contributed by atoms with Crippen LogP contribution >= 0.6 is 11.3 Å². The van der Waals surface area contributed by atoms with Crippen LogP contribution < -0.4 is 4.72 Å². The first-order valence-corrected chi connectivity index (χ1v) is 7.96. The van der Waals surface area contributed by atoms with Crippen molar-refractivity contribution in [3.8, 4) is 0 Å². The van der Waals surface area contributed by atoms with E-state index in [2.05, 4.69) is 9.71 Å². The summed E-state index contributed by atoms with van der Waals surface area (Å²) in [4.78, 5) is 14.8. The Morgan fingerprint density at radius 3 is 2.65 bits per heavy atom. The first kappa shape index (κ1) is 14.6. The third-order valence-electron chi connectivity index (χ3n) is 2.52. The topological polar surface area (TPSA) is 96.4 Å². The molecule has 0 aliphatic rings.